The van der Waals surface area contributed by atoms with Gasteiger partial charge in [0.2, 0.25) is 5.88 Å². The van der Waals surface area contributed by atoms with Gasteiger partial charge in [0.1, 0.15) is 28.0 Å². The van der Waals surface area contributed by atoms with Crippen LogP contribution < -0.4 is 9.47 Å². The van der Waals surface area contributed by atoms with E-state index >= 15 is 0 Å². The normalized spacial score (nSPS) is 16.3. The Kier molecular flexibility index (Phi) is 6.63. The van der Waals surface area contributed by atoms with Crippen LogP contribution in [0.1, 0.15) is 35.6 Å². The Balaban J connectivity index is 1.82. The predicted octanol–water partition coefficient (Wildman–Crippen LogP) is 6.91. The van der Waals surface area contributed by atoms with Gasteiger partial charge in [-0.25, -0.2) is 4.98 Å². The summed E-state index contributed by atoms with van der Waals surface area (Å²) in [6.07, 6.45) is -0.360. The summed E-state index contributed by atoms with van der Waals surface area (Å²) in [5.74, 6) is 0.652. The summed E-state index contributed by atoms with van der Waals surface area (Å²) >= 11 is 17.2. The van der Waals surface area contributed by atoms with Gasteiger partial charge in [0.05, 0.1) is 5.56 Å². The molecule has 3 nitrogen and oxygen atoms in total. The number of aromatic nitrogens is 1. The third kappa shape index (κ3) is 5.04. The van der Waals surface area contributed by atoms with E-state index in [-0.39, 0.29) is 28.1 Å². The summed E-state index contributed by atoms with van der Waals surface area (Å²) in [6.45, 7) is 0.219. The third-order valence-corrected chi connectivity index (χ3v) is 4.85. The van der Waals surface area contributed by atoms with Crippen molar-refractivity contribution >= 4 is 34.8 Å². The summed E-state index contributed by atoms with van der Waals surface area (Å²) in [4.78, 5) is 3.76. The van der Waals surface area contributed by atoms with Gasteiger partial charge in [-0.1, -0.05) is 46.9 Å². The number of hydrogen-bond acceptors (Lipinski definition) is 3. The number of rotatable bonds is 5. The summed E-state index contributed by atoms with van der Waals surface area (Å²) in [7, 11) is 0. The molecular weight excluding hydrogens is 438 g/mol. The van der Waals surface area contributed by atoms with Crippen molar-refractivity contribution in [3.8, 4) is 11.6 Å². The standard InChI is InChI=1S/C19H15Cl3F3NO2/c20-14-9-11(19(23,24)25)10-26-18(14)28-16-6-2-3-12-13(16)4-1-5-15(12)27-8-7-17(21)22/h1,4-5,7,9-10,16H,2-3,6,8H2. The number of benzene rings is 1. The molecule has 3 rings (SSSR count). The molecular formula is C19H15Cl3F3NO2. The van der Waals surface area contributed by atoms with Gasteiger partial charge in [-0.3, -0.25) is 0 Å². The zero-order chi connectivity index (χ0) is 20.3. The van der Waals surface area contributed by atoms with Crippen molar-refractivity contribution in [2.75, 3.05) is 6.61 Å². The van der Waals surface area contributed by atoms with Crippen LogP contribution in [0.2, 0.25) is 5.02 Å². The smallest absolute Gasteiger partial charge is 0.417 e. The highest BCUT2D eigenvalue weighted by Gasteiger charge is 2.32. The van der Waals surface area contributed by atoms with E-state index in [0.29, 0.717) is 18.4 Å². The Labute approximate surface area is 175 Å². The highest BCUT2D eigenvalue weighted by molar-refractivity contribution is 6.55. The van der Waals surface area contributed by atoms with Crippen LogP contribution in [0.4, 0.5) is 13.2 Å². The van der Waals surface area contributed by atoms with Gasteiger partial charge in [-0.15, -0.1) is 0 Å². The van der Waals surface area contributed by atoms with Crippen LogP contribution in [0.25, 0.3) is 0 Å². The fourth-order valence-corrected chi connectivity index (χ4v) is 3.36. The number of hydrogen-bond donors (Lipinski definition) is 0. The maximum absolute atomic E-state index is 12.8. The molecule has 0 radical (unpaired) electrons. The lowest BCUT2D eigenvalue weighted by atomic mass is 9.88. The second-order valence-corrected chi connectivity index (χ2v) is 7.55. The van der Waals surface area contributed by atoms with Crippen molar-refractivity contribution in [3.05, 3.63) is 62.7 Å². The second-order valence-electron chi connectivity index (χ2n) is 6.14. The second kappa shape index (κ2) is 8.80. The fraction of sp³-hybridized carbons (Fsp3) is 0.316. The van der Waals surface area contributed by atoms with E-state index < -0.39 is 11.7 Å². The van der Waals surface area contributed by atoms with Gasteiger partial charge >= 0.3 is 6.18 Å². The molecule has 0 N–H and O–H groups in total. The zero-order valence-corrected chi connectivity index (χ0v) is 16.7. The molecule has 1 unspecified atom stereocenters. The molecule has 1 heterocycles. The van der Waals surface area contributed by atoms with Crippen molar-refractivity contribution in [1.82, 2.24) is 4.98 Å². The lowest BCUT2D eigenvalue weighted by Gasteiger charge is -2.27. The highest BCUT2D eigenvalue weighted by Crippen LogP contribution is 2.40. The highest BCUT2D eigenvalue weighted by atomic mass is 35.5. The Bertz CT molecular complexity index is 883. The average molecular weight is 453 g/mol. The lowest BCUT2D eigenvalue weighted by molar-refractivity contribution is -0.137. The number of ether oxygens (including phenoxy) is 2. The minimum Gasteiger partial charge on any atom is -0.489 e. The molecule has 0 saturated heterocycles. The molecule has 0 aliphatic heterocycles. The van der Waals surface area contributed by atoms with Crippen LogP contribution >= 0.6 is 34.8 Å². The van der Waals surface area contributed by atoms with E-state index in [1.807, 2.05) is 18.2 Å². The third-order valence-electron chi connectivity index (χ3n) is 4.27. The topological polar surface area (TPSA) is 31.4 Å². The van der Waals surface area contributed by atoms with Gasteiger partial charge in [-0.2, -0.15) is 13.2 Å². The number of pyridine rings is 1. The van der Waals surface area contributed by atoms with Crippen molar-refractivity contribution in [1.29, 1.82) is 0 Å². The average Bonchev–Trinajstić information content (AvgIpc) is 2.63. The van der Waals surface area contributed by atoms with Crippen LogP contribution in [0.15, 0.2) is 41.0 Å². The molecule has 0 spiro atoms. The Morgan fingerprint density at radius 2 is 2.07 bits per heavy atom. The van der Waals surface area contributed by atoms with Crippen molar-refractivity contribution in [2.24, 2.45) is 0 Å². The van der Waals surface area contributed by atoms with E-state index in [1.165, 1.54) is 6.08 Å². The maximum atomic E-state index is 12.8. The van der Waals surface area contributed by atoms with Crippen molar-refractivity contribution in [3.63, 3.8) is 0 Å². The van der Waals surface area contributed by atoms with Crippen LogP contribution in [0.3, 0.4) is 0 Å². The first kappa shape index (κ1) is 21.1. The summed E-state index contributed by atoms with van der Waals surface area (Å²) in [5, 5.41) is -0.184. The molecule has 0 amide bonds. The number of nitrogens with zero attached hydrogens (tertiary/aromatic N) is 1. The van der Waals surface area contributed by atoms with Crippen LogP contribution in [0, 0.1) is 0 Å². The zero-order valence-electron chi connectivity index (χ0n) is 14.4. The quantitative estimate of drug-likeness (QED) is 0.494. The summed E-state index contributed by atoms with van der Waals surface area (Å²) in [6, 6.07) is 6.37. The van der Waals surface area contributed by atoms with Gasteiger partial charge in [0, 0.05) is 11.8 Å². The van der Waals surface area contributed by atoms with E-state index in [2.05, 4.69) is 4.98 Å². The monoisotopic (exact) mass is 451 g/mol. The number of fused-ring (bicyclic) bond motifs is 1. The number of alkyl halides is 3. The van der Waals surface area contributed by atoms with Crippen LogP contribution in [-0.4, -0.2) is 11.6 Å². The van der Waals surface area contributed by atoms with Gasteiger partial charge in [-0.05, 0) is 43.0 Å². The maximum Gasteiger partial charge on any atom is 0.417 e. The van der Waals surface area contributed by atoms with Gasteiger partial charge < -0.3 is 9.47 Å². The van der Waals surface area contributed by atoms with E-state index in [0.717, 1.165) is 30.0 Å². The Hall–Kier alpha value is -1.63. The molecule has 1 aromatic heterocycles. The fourth-order valence-electron chi connectivity index (χ4n) is 3.03. The van der Waals surface area contributed by atoms with Gasteiger partial charge in [0.25, 0.3) is 0 Å². The minimum absolute atomic E-state index is 0.0318. The molecule has 0 fully saturated rings. The Morgan fingerprint density at radius 3 is 2.75 bits per heavy atom. The van der Waals surface area contributed by atoms with Crippen molar-refractivity contribution in [2.45, 2.75) is 31.5 Å². The molecule has 150 valence electrons. The first-order valence-electron chi connectivity index (χ1n) is 8.41. The molecule has 2 aromatic rings. The minimum atomic E-state index is -4.51. The Morgan fingerprint density at radius 1 is 1.29 bits per heavy atom. The molecule has 1 aliphatic carbocycles. The van der Waals surface area contributed by atoms with Crippen molar-refractivity contribution < 1.29 is 22.6 Å². The molecule has 9 heteroatoms. The molecule has 1 atom stereocenters. The first-order valence-corrected chi connectivity index (χ1v) is 9.54. The molecule has 1 aliphatic rings. The van der Waals surface area contributed by atoms with Crippen LogP contribution in [-0.2, 0) is 12.6 Å². The number of halogens is 6. The molecule has 0 saturated carbocycles. The molecule has 28 heavy (non-hydrogen) atoms. The predicted molar refractivity (Wildman–Crippen MR) is 102 cm³/mol. The molecule has 0 bridgehead atoms. The van der Waals surface area contributed by atoms with Gasteiger partial charge in [0.15, 0.2) is 0 Å². The SMILES string of the molecule is FC(F)(F)c1cnc(OC2CCCc3c(OCC=C(Cl)Cl)cccc32)c(Cl)c1. The summed E-state index contributed by atoms with van der Waals surface area (Å²) in [5.41, 5.74) is 0.943. The lowest BCUT2D eigenvalue weighted by Crippen LogP contribution is -2.17. The van der Waals surface area contributed by atoms with E-state index in [1.54, 1.807) is 0 Å². The van der Waals surface area contributed by atoms with E-state index in [4.69, 9.17) is 44.3 Å². The first-order chi connectivity index (χ1) is 13.3. The summed E-state index contributed by atoms with van der Waals surface area (Å²) < 4.78 is 50.0. The largest absolute Gasteiger partial charge is 0.489 e. The van der Waals surface area contributed by atoms with E-state index in [9.17, 15) is 13.2 Å². The molecule has 1 aromatic carbocycles. The van der Waals surface area contributed by atoms with Crippen LogP contribution in [0.5, 0.6) is 11.6 Å².